The lowest BCUT2D eigenvalue weighted by atomic mass is 10.1. The zero-order valence-corrected chi connectivity index (χ0v) is 15.8. The number of benzene rings is 2. The minimum Gasteiger partial charge on any atom is -0.314 e. The van der Waals surface area contributed by atoms with Crippen LogP contribution in [-0.4, -0.2) is 42.9 Å². The van der Waals surface area contributed by atoms with Gasteiger partial charge in [0, 0.05) is 12.2 Å². The van der Waals surface area contributed by atoms with Gasteiger partial charge in [-0.2, -0.15) is 0 Å². The zero-order valence-electron chi connectivity index (χ0n) is 15.0. The fraction of sp³-hybridized carbons (Fsp3) is 0.350. The number of fused-ring (bicyclic) bond motifs is 1. The number of urea groups is 1. The highest BCUT2D eigenvalue weighted by Gasteiger charge is 2.53. The molecule has 2 aromatic carbocycles. The maximum absolute atomic E-state index is 13.2. The Hall–Kier alpha value is -2.41. The molecule has 0 unspecified atom stereocenters. The molecule has 2 heterocycles. The highest BCUT2D eigenvalue weighted by Crippen LogP contribution is 2.36. The van der Waals surface area contributed by atoms with Gasteiger partial charge >= 0.3 is 6.03 Å². The first-order valence-electron chi connectivity index (χ1n) is 9.01. The van der Waals surface area contributed by atoms with Gasteiger partial charge in [0.25, 0.3) is 0 Å². The van der Waals surface area contributed by atoms with Gasteiger partial charge in [0.1, 0.15) is 5.82 Å². The van der Waals surface area contributed by atoms with Crippen molar-refractivity contribution in [2.75, 3.05) is 16.4 Å². The summed E-state index contributed by atoms with van der Waals surface area (Å²) in [5.74, 6) is -0.405. The average molecular weight is 388 g/mol. The lowest BCUT2D eigenvalue weighted by molar-refractivity contribution is 0.206. The van der Waals surface area contributed by atoms with Crippen LogP contribution in [0, 0.1) is 5.82 Å². The summed E-state index contributed by atoms with van der Waals surface area (Å²) in [6.45, 7) is 2.32. The van der Waals surface area contributed by atoms with Crippen LogP contribution in [0.3, 0.4) is 0 Å². The molecule has 0 radical (unpaired) electrons. The monoisotopic (exact) mass is 388 g/mol. The Kier molecular flexibility index (Phi) is 4.42. The van der Waals surface area contributed by atoms with E-state index in [-0.39, 0.29) is 29.9 Å². The predicted molar refractivity (Wildman–Crippen MR) is 102 cm³/mol. The van der Waals surface area contributed by atoms with E-state index < -0.39 is 21.9 Å². The zero-order chi connectivity index (χ0) is 19.2. The number of carbonyl (C=O) groups is 1. The van der Waals surface area contributed by atoms with Crippen LogP contribution < -0.4 is 4.90 Å². The second-order valence-electron chi connectivity index (χ2n) is 7.14. The SMILES string of the molecule is CCc1ccc(N2C(=O)N(Cc3ccc(F)cc3)[C@@H]3CS(=O)(=O)C[C@@H]32)cc1. The summed E-state index contributed by atoms with van der Waals surface area (Å²) >= 11 is 0. The molecule has 0 N–H and O–H groups in total. The summed E-state index contributed by atoms with van der Waals surface area (Å²) in [6, 6.07) is 12.6. The molecule has 0 bridgehead atoms. The number of nitrogens with zero attached hydrogens (tertiary/aromatic N) is 2. The number of hydrogen-bond donors (Lipinski definition) is 0. The van der Waals surface area contributed by atoms with Gasteiger partial charge in [-0.1, -0.05) is 31.2 Å². The van der Waals surface area contributed by atoms with E-state index in [1.54, 1.807) is 21.9 Å². The first-order valence-corrected chi connectivity index (χ1v) is 10.8. The first kappa shape index (κ1) is 18.0. The van der Waals surface area contributed by atoms with E-state index in [1.165, 1.54) is 12.1 Å². The minimum atomic E-state index is -3.21. The normalized spacial score (nSPS) is 23.7. The lowest BCUT2D eigenvalue weighted by Gasteiger charge is -2.23. The number of anilines is 1. The summed E-state index contributed by atoms with van der Waals surface area (Å²) in [5, 5.41) is 0. The maximum Gasteiger partial charge on any atom is 0.325 e. The molecule has 2 aliphatic rings. The number of aryl methyl sites for hydroxylation is 1. The molecule has 2 aliphatic heterocycles. The van der Waals surface area contributed by atoms with Crippen LogP contribution in [0.15, 0.2) is 48.5 Å². The molecule has 2 amide bonds. The Morgan fingerprint density at radius 2 is 1.56 bits per heavy atom. The second-order valence-corrected chi connectivity index (χ2v) is 9.29. The van der Waals surface area contributed by atoms with Crippen LogP contribution in [0.5, 0.6) is 0 Å². The van der Waals surface area contributed by atoms with Crippen LogP contribution in [0.2, 0.25) is 0 Å². The molecule has 0 spiro atoms. The fourth-order valence-electron chi connectivity index (χ4n) is 3.94. The molecule has 142 valence electrons. The molecule has 0 aromatic heterocycles. The summed E-state index contributed by atoms with van der Waals surface area (Å²) in [6.07, 6.45) is 0.894. The van der Waals surface area contributed by atoms with Gasteiger partial charge in [-0.15, -0.1) is 0 Å². The molecule has 7 heteroatoms. The summed E-state index contributed by atoms with van der Waals surface area (Å²) < 4.78 is 37.7. The smallest absolute Gasteiger partial charge is 0.314 e. The van der Waals surface area contributed by atoms with Crippen molar-refractivity contribution < 1.29 is 17.6 Å². The standard InChI is InChI=1S/C20H21FN2O3S/c1-2-14-5-9-17(10-6-14)23-19-13-27(25,26)12-18(19)22(20(23)24)11-15-3-7-16(21)8-4-15/h3-10,18-19H,2,11-13H2,1H3/t18-,19+/m1/s1. The number of halogens is 1. The van der Waals surface area contributed by atoms with Gasteiger partial charge in [0.05, 0.1) is 23.6 Å². The van der Waals surface area contributed by atoms with Gasteiger partial charge in [-0.3, -0.25) is 4.90 Å². The molecule has 2 fully saturated rings. The number of hydrogen-bond acceptors (Lipinski definition) is 3. The Morgan fingerprint density at radius 1 is 0.963 bits per heavy atom. The van der Waals surface area contributed by atoms with Crippen LogP contribution in [0.1, 0.15) is 18.1 Å². The summed E-state index contributed by atoms with van der Waals surface area (Å²) in [4.78, 5) is 16.4. The lowest BCUT2D eigenvalue weighted by Crippen LogP contribution is -2.37. The van der Waals surface area contributed by atoms with Crippen LogP contribution in [0.4, 0.5) is 14.9 Å². The fourth-order valence-corrected chi connectivity index (χ4v) is 5.89. The van der Waals surface area contributed by atoms with Gasteiger partial charge < -0.3 is 4.90 Å². The van der Waals surface area contributed by atoms with Gasteiger partial charge in [-0.05, 0) is 41.8 Å². The molecular formula is C20H21FN2O3S. The summed E-state index contributed by atoms with van der Waals surface area (Å²) in [7, 11) is -3.21. The molecule has 0 saturated carbocycles. The van der Waals surface area contributed by atoms with E-state index in [0.717, 1.165) is 17.5 Å². The van der Waals surface area contributed by atoms with E-state index in [0.29, 0.717) is 5.69 Å². The quantitative estimate of drug-likeness (QED) is 0.757. The molecule has 0 aliphatic carbocycles. The summed E-state index contributed by atoms with van der Waals surface area (Å²) in [5.41, 5.74) is 2.64. The van der Waals surface area contributed by atoms with Crippen molar-refractivity contribution in [3.8, 4) is 0 Å². The highest BCUT2D eigenvalue weighted by molar-refractivity contribution is 7.91. The molecule has 27 heavy (non-hydrogen) atoms. The third-order valence-electron chi connectivity index (χ3n) is 5.37. The molecule has 5 nitrogen and oxygen atoms in total. The molecule has 2 aromatic rings. The van der Waals surface area contributed by atoms with Crippen LogP contribution in [-0.2, 0) is 22.8 Å². The van der Waals surface area contributed by atoms with E-state index >= 15 is 0 Å². The van der Waals surface area contributed by atoms with Gasteiger partial charge in [-0.25, -0.2) is 17.6 Å². The molecular weight excluding hydrogens is 367 g/mol. The van der Waals surface area contributed by atoms with Gasteiger partial charge in [0.2, 0.25) is 0 Å². The largest absolute Gasteiger partial charge is 0.325 e. The van der Waals surface area contributed by atoms with Crippen molar-refractivity contribution in [2.45, 2.75) is 32.0 Å². The second kappa shape index (κ2) is 6.64. The number of amides is 2. The Balaban J connectivity index is 1.67. The predicted octanol–water partition coefficient (Wildman–Crippen LogP) is 3.00. The van der Waals surface area contributed by atoms with Crippen molar-refractivity contribution in [1.82, 2.24) is 4.90 Å². The number of sulfone groups is 1. The topological polar surface area (TPSA) is 57.7 Å². The molecule has 4 rings (SSSR count). The van der Waals surface area contributed by atoms with Crippen molar-refractivity contribution in [1.29, 1.82) is 0 Å². The maximum atomic E-state index is 13.2. The van der Waals surface area contributed by atoms with E-state index in [4.69, 9.17) is 0 Å². The Morgan fingerprint density at radius 3 is 2.19 bits per heavy atom. The number of rotatable bonds is 4. The van der Waals surface area contributed by atoms with Crippen molar-refractivity contribution >= 4 is 21.6 Å². The van der Waals surface area contributed by atoms with Crippen LogP contribution >= 0.6 is 0 Å². The Labute approximate surface area is 158 Å². The van der Waals surface area contributed by atoms with Crippen molar-refractivity contribution in [3.63, 3.8) is 0 Å². The highest BCUT2D eigenvalue weighted by atomic mass is 32.2. The first-order chi connectivity index (χ1) is 12.9. The third-order valence-corrected chi connectivity index (χ3v) is 7.07. The third kappa shape index (κ3) is 3.32. The van der Waals surface area contributed by atoms with Crippen molar-refractivity contribution in [2.24, 2.45) is 0 Å². The average Bonchev–Trinajstić information content (AvgIpc) is 3.07. The van der Waals surface area contributed by atoms with Crippen LogP contribution in [0.25, 0.3) is 0 Å². The van der Waals surface area contributed by atoms with E-state index in [9.17, 15) is 17.6 Å². The number of carbonyl (C=O) groups excluding carboxylic acids is 1. The molecule has 2 saturated heterocycles. The molecule has 2 atom stereocenters. The Bertz CT molecular complexity index is 958. The van der Waals surface area contributed by atoms with E-state index in [2.05, 4.69) is 6.92 Å². The van der Waals surface area contributed by atoms with E-state index in [1.807, 2.05) is 24.3 Å². The minimum absolute atomic E-state index is 0.0289. The van der Waals surface area contributed by atoms with Crippen molar-refractivity contribution in [3.05, 3.63) is 65.5 Å². The van der Waals surface area contributed by atoms with Gasteiger partial charge in [0.15, 0.2) is 9.84 Å².